The largest absolute Gasteiger partial charge is 0.496 e. The summed E-state index contributed by atoms with van der Waals surface area (Å²) in [5, 5.41) is 3.93. The van der Waals surface area contributed by atoms with E-state index in [1.165, 1.54) is 0 Å². The molecule has 25 heavy (non-hydrogen) atoms. The molecule has 1 aromatic heterocycles. The molecule has 0 bridgehead atoms. The highest BCUT2D eigenvalue weighted by molar-refractivity contribution is 6.01. The van der Waals surface area contributed by atoms with Gasteiger partial charge in [0.15, 0.2) is 0 Å². The zero-order valence-corrected chi connectivity index (χ0v) is 14.5. The van der Waals surface area contributed by atoms with Gasteiger partial charge in [-0.25, -0.2) is 0 Å². The quantitative estimate of drug-likeness (QED) is 0.771. The van der Waals surface area contributed by atoms with E-state index in [1.807, 2.05) is 49.4 Å². The predicted molar refractivity (Wildman–Crippen MR) is 98.4 cm³/mol. The van der Waals surface area contributed by atoms with Crippen molar-refractivity contribution >= 4 is 22.5 Å². The van der Waals surface area contributed by atoms with Gasteiger partial charge in [-0.3, -0.25) is 9.78 Å². The number of anilines is 1. The Bertz CT molecular complexity index is 917. The lowest BCUT2D eigenvalue weighted by Crippen LogP contribution is -2.15. The van der Waals surface area contributed by atoms with Crippen molar-refractivity contribution in [2.75, 3.05) is 19.5 Å². The van der Waals surface area contributed by atoms with Gasteiger partial charge in [0.2, 0.25) is 5.91 Å². The van der Waals surface area contributed by atoms with E-state index in [0.717, 1.165) is 27.8 Å². The normalized spacial score (nSPS) is 10.5. The molecule has 128 valence electrons. The molecule has 1 N–H and O–H groups in total. The minimum absolute atomic E-state index is 0.124. The molecule has 0 unspecified atom stereocenters. The fraction of sp³-hybridized carbons (Fsp3) is 0.200. The van der Waals surface area contributed by atoms with Crippen molar-refractivity contribution in [1.82, 2.24) is 4.98 Å². The van der Waals surface area contributed by atoms with Crippen molar-refractivity contribution in [2.45, 2.75) is 13.3 Å². The molecule has 0 saturated carbocycles. The number of hydrogen-bond donors (Lipinski definition) is 1. The Morgan fingerprint density at radius 1 is 1.08 bits per heavy atom. The van der Waals surface area contributed by atoms with Crippen molar-refractivity contribution in [1.29, 1.82) is 0 Å². The van der Waals surface area contributed by atoms with Gasteiger partial charge < -0.3 is 14.8 Å². The van der Waals surface area contributed by atoms with Crippen LogP contribution in [0.5, 0.6) is 11.5 Å². The molecule has 0 aliphatic heterocycles. The van der Waals surface area contributed by atoms with Crippen LogP contribution in [0.4, 0.5) is 5.69 Å². The maximum atomic E-state index is 12.5. The molecular formula is C20H20N2O3. The van der Waals surface area contributed by atoms with E-state index < -0.39 is 0 Å². The van der Waals surface area contributed by atoms with Crippen molar-refractivity contribution < 1.29 is 14.3 Å². The Balaban J connectivity index is 1.84. The van der Waals surface area contributed by atoms with Crippen LogP contribution in [0.1, 0.15) is 11.1 Å². The molecule has 3 aromatic rings. The van der Waals surface area contributed by atoms with Gasteiger partial charge in [0.25, 0.3) is 0 Å². The Hall–Kier alpha value is -3.08. The molecule has 0 saturated heterocycles. The number of methoxy groups -OCH3 is 2. The number of para-hydroxylation sites is 1. The van der Waals surface area contributed by atoms with Gasteiger partial charge >= 0.3 is 0 Å². The summed E-state index contributed by atoms with van der Waals surface area (Å²) in [5.41, 5.74) is 3.16. The summed E-state index contributed by atoms with van der Waals surface area (Å²) in [7, 11) is 3.21. The van der Waals surface area contributed by atoms with Crippen molar-refractivity contribution in [3.63, 3.8) is 0 Å². The van der Waals surface area contributed by atoms with Crippen molar-refractivity contribution in [3.05, 3.63) is 59.8 Å². The van der Waals surface area contributed by atoms with Crippen molar-refractivity contribution in [2.24, 2.45) is 0 Å². The number of carbonyl (C=O) groups is 1. The second-order valence-corrected chi connectivity index (χ2v) is 5.69. The van der Waals surface area contributed by atoms with Gasteiger partial charge in [-0.1, -0.05) is 24.3 Å². The van der Waals surface area contributed by atoms with Gasteiger partial charge in [-0.15, -0.1) is 0 Å². The van der Waals surface area contributed by atoms with Crippen molar-refractivity contribution in [3.8, 4) is 11.5 Å². The molecule has 0 fully saturated rings. The number of rotatable bonds is 5. The number of aromatic nitrogens is 1. The Morgan fingerprint density at radius 3 is 2.64 bits per heavy atom. The number of nitrogens with zero attached hydrogens (tertiary/aromatic N) is 1. The second kappa shape index (κ2) is 7.21. The first-order chi connectivity index (χ1) is 12.1. The smallest absolute Gasteiger partial charge is 0.228 e. The van der Waals surface area contributed by atoms with Crippen LogP contribution in [-0.2, 0) is 11.2 Å². The summed E-state index contributed by atoms with van der Waals surface area (Å²) in [6.07, 6.45) is 1.92. The number of amides is 1. The first-order valence-electron chi connectivity index (χ1n) is 7.98. The number of carbonyl (C=O) groups excluding carboxylic acids is 1. The highest BCUT2D eigenvalue weighted by Gasteiger charge is 2.15. The van der Waals surface area contributed by atoms with Crippen LogP contribution in [0.15, 0.2) is 48.7 Å². The van der Waals surface area contributed by atoms with E-state index in [2.05, 4.69) is 10.3 Å². The minimum atomic E-state index is -0.124. The summed E-state index contributed by atoms with van der Waals surface area (Å²) in [5.74, 6) is 1.28. The van der Waals surface area contributed by atoms with E-state index in [9.17, 15) is 4.79 Å². The number of hydrogen-bond acceptors (Lipinski definition) is 4. The number of ether oxygens (including phenoxy) is 2. The summed E-state index contributed by atoms with van der Waals surface area (Å²) in [6.45, 7) is 1.91. The lowest BCUT2D eigenvalue weighted by atomic mass is 10.1. The monoisotopic (exact) mass is 336 g/mol. The summed E-state index contributed by atoms with van der Waals surface area (Å²) in [4.78, 5) is 16.9. The molecule has 1 heterocycles. The summed E-state index contributed by atoms with van der Waals surface area (Å²) in [6, 6.07) is 13.3. The number of fused-ring (bicyclic) bond motifs is 1. The Kier molecular flexibility index (Phi) is 4.84. The minimum Gasteiger partial charge on any atom is -0.496 e. The number of pyridine rings is 1. The molecule has 0 atom stereocenters. The van der Waals surface area contributed by atoms with Crippen LogP contribution in [0.3, 0.4) is 0 Å². The molecule has 3 rings (SSSR count). The molecule has 5 heteroatoms. The molecule has 0 spiro atoms. The van der Waals surface area contributed by atoms with Crippen LogP contribution in [0.2, 0.25) is 0 Å². The standard InChI is InChI=1S/C20H20N2O3/c1-13-17(24-2)10-9-15(20(13)25-3)12-18(23)22-16-8-4-6-14-7-5-11-21-19(14)16/h4-11H,12H2,1-3H3,(H,22,23). The van der Waals surface area contributed by atoms with Gasteiger partial charge in [0.05, 0.1) is 31.8 Å². The van der Waals surface area contributed by atoms with Crippen LogP contribution in [0.25, 0.3) is 10.9 Å². The van der Waals surface area contributed by atoms with Gasteiger partial charge in [0.1, 0.15) is 11.5 Å². The highest BCUT2D eigenvalue weighted by Crippen LogP contribution is 2.31. The van der Waals surface area contributed by atoms with Gasteiger partial charge in [0, 0.05) is 22.7 Å². The first kappa shape index (κ1) is 16.8. The molecule has 1 amide bonds. The molecule has 2 aromatic carbocycles. The maximum absolute atomic E-state index is 12.5. The highest BCUT2D eigenvalue weighted by atomic mass is 16.5. The third-order valence-corrected chi connectivity index (χ3v) is 4.12. The average molecular weight is 336 g/mol. The van der Waals surface area contributed by atoms with E-state index in [0.29, 0.717) is 11.4 Å². The molecule has 0 aliphatic rings. The van der Waals surface area contributed by atoms with E-state index >= 15 is 0 Å². The van der Waals surface area contributed by atoms with Gasteiger partial charge in [-0.05, 0) is 25.1 Å². The topological polar surface area (TPSA) is 60.5 Å². The Morgan fingerprint density at radius 2 is 1.88 bits per heavy atom. The Labute approximate surface area is 146 Å². The molecule has 0 radical (unpaired) electrons. The van der Waals surface area contributed by atoms with Crippen LogP contribution in [0, 0.1) is 6.92 Å². The van der Waals surface area contributed by atoms with Crippen LogP contribution in [-0.4, -0.2) is 25.1 Å². The maximum Gasteiger partial charge on any atom is 0.228 e. The molecule has 0 aliphatic carbocycles. The fourth-order valence-electron chi connectivity index (χ4n) is 2.95. The predicted octanol–water partition coefficient (Wildman–Crippen LogP) is 3.74. The lowest BCUT2D eigenvalue weighted by molar-refractivity contribution is -0.115. The second-order valence-electron chi connectivity index (χ2n) is 5.69. The average Bonchev–Trinajstić information content (AvgIpc) is 2.62. The third-order valence-electron chi connectivity index (χ3n) is 4.12. The van der Waals surface area contributed by atoms with Crippen LogP contribution >= 0.6 is 0 Å². The van der Waals surface area contributed by atoms with Gasteiger partial charge in [-0.2, -0.15) is 0 Å². The van der Waals surface area contributed by atoms with Crippen LogP contribution < -0.4 is 14.8 Å². The number of nitrogens with one attached hydrogen (secondary N) is 1. The van der Waals surface area contributed by atoms with E-state index in [4.69, 9.17) is 9.47 Å². The SMILES string of the molecule is COc1ccc(CC(=O)Nc2cccc3cccnc23)c(OC)c1C. The summed E-state index contributed by atoms with van der Waals surface area (Å²) < 4.78 is 10.8. The molecule has 5 nitrogen and oxygen atoms in total. The lowest BCUT2D eigenvalue weighted by Gasteiger charge is -2.14. The third kappa shape index (κ3) is 3.40. The zero-order chi connectivity index (χ0) is 17.8. The fourth-order valence-corrected chi connectivity index (χ4v) is 2.95. The van der Waals surface area contributed by atoms with E-state index in [-0.39, 0.29) is 12.3 Å². The molecular weight excluding hydrogens is 316 g/mol. The first-order valence-corrected chi connectivity index (χ1v) is 7.98. The zero-order valence-electron chi connectivity index (χ0n) is 14.5. The van der Waals surface area contributed by atoms with E-state index in [1.54, 1.807) is 20.4 Å². The summed E-state index contributed by atoms with van der Waals surface area (Å²) >= 11 is 0. The number of benzene rings is 2.